The lowest BCUT2D eigenvalue weighted by atomic mass is 10.1. The van der Waals surface area contributed by atoms with E-state index in [0.717, 1.165) is 12.8 Å². The molecule has 2 N–H and O–H groups in total. The summed E-state index contributed by atoms with van der Waals surface area (Å²) in [6.07, 6.45) is 6.25. The van der Waals surface area contributed by atoms with Crippen LogP contribution >= 0.6 is 0 Å². The van der Waals surface area contributed by atoms with Crippen LogP contribution < -0.4 is 5.32 Å². The number of rotatable bonds is 4. The van der Waals surface area contributed by atoms with Crippen LogP contribution in [0.1, 0.15) is 31.2 Å². The summed E-state index contributed by atoms with van der Waals surface area (Å²) >= 11 is 0. The van der Waals surface area contributed by atoms with Gasteiger partial charge in [-0.15, -0.1) is 0 Å². The largest absolute Gasteiger partial charge is 0.508 e. The topological polar surface area (TPSA) is 73.1 Å². The Labute approximate surface area is 118 Å². The van der Waals surface area contributed by atoms with E-state index >= 15 is 0 Å². The minimum Gasteiger partial charge on any atom is -0.508 e. The highest BCUT2D eigenvalue weighted by Crippen LogP contribution is 2.23. The zero-order valence-corrected chi connectivity index (χ0v) is 11.3. The van der Waals surface area contributed by atoms with E-state index in [9.17, 15) is 9.90 Å². The first kappa shape index (κ1) is 14.1. The van der Waals surface area contributed by atoms with Crippen molar-refractivity contribution in [2.24, 2.45) is 5.92 Å². The number of benzene rings is 1. The molecule has 0 spiro atoms. The Morgan fingerprint density at radius 1 is 1.45 bits per heavy atom. The molecule has 1 aromatic carbocycles. The highest BCUT2D eigenvalue weighted by molar-refractivity contribution is 6.01. The van der Waals surface area contributed by atoms with Gasteiger partial charge < -0.3 is 10.4 Å². The van der Waals surface area contributed by atoms with Gasteiger partial charge in [0.1, 0.15) is 17.4 Å². The van der Waals surface area contributed by atoms with E-state index in [1.165, 1.54) is 25.0 Å². The summed E-state index contributed by atoms with van der Waals surface area (Å²) in [4.78, 5) is 12.0. The molecule has 1 amide bonds. The molecule has 0 heterocycles. The van der Waals surface area contributed by atoms with E-state index < -0.39 is 0 Å². The molecule has 1 aliphatic carbocycles. The van der Waals surface area contributed by atoms with Gasteiger partial charge in [-0.05, 0) is 42.5 Å². The van der Waals surface area contributed by atoms with Gasteiger partial charge in [-0.1, -0.05) is 25.0 Å². The van der Waals surface area contributed by atoms with Gasteiger partial charge >= 0.3 is 0 Å². The van der Waals surface area contributed by atoms with Crippen LogP contribution in [-0.2, 0) is 4.79 Å². The molecule has 1 saturated carbocycles. The maximum Gasteiger partial charge on any atom is 0.261 e. The number of hydrogen-bond donors (Lipinski definition) is 2. The van der Waals surface area contributed by atoms with Crippen molar-refractivity contribution in [1.29, 1.82) is 5.26 Å². The molecule has 0 saturated heterocycles. The van der Waals surface area contributed by atoms with Crippen LogP contribution in [0.4, 0.5) is 0 Å². The number of aromatic hydroxyl groups is 1. The van der Waals surface area contributed by atoms with Crippen LogP contribution in [0.15, 0.2) is 29.8 Å². The van der Waals surface area contributed by atoms with Crippen molar-refractivity contribution in [2.45, 2.75) is 25.7 Å². The molecule has 1 aromatic rings. The summed E-state index contributed by atoms with van der Waals surface area (Å²) in [5.74, 6) is 0.310. The molecule has 0 radical (unpaired) electrons. The van der Waals surface area contributed by atoms with Gasteiger partial charge in [-0.2, -0.15) is 5.26 Å². The third-order valence-corrected chi connectivity index (χ3v) is 3.57. The molecule has 4 heteroatoms. The first-order valence-corrected chi connectivity index (χ1v) is 6.88. The van der Waals surface area contributed by atoms with Gasteiger partial charge in [-0.3, -0.25) is 4.79 Å². The predicted octanol–water partition coefficient (Wildman–Crippen LogP) is 2.61. The smallest absolute Gasteiger partial charge is 0.261 e. The lowest BCUT2D eigenvalue weighted by Gasteiger charge is -2.09. The quantitative estimate of drug-likeness (QED) is 0.652. The number of carbonyl (C=O) groups is 1. The number of carbonyl (C=O) groups excluding carboxylic acids is 1. The summed E-state index contributed by atoms with van der Waals surface area (Å²) < 4.78 is 0. The average molecular weight is 270 g/mol. The number of nitrogens with one attached hydrogen (secondary N) is 1. The number of amides is 1. The molecule has 20 heavy (non-hydrogen) atoms. The maximum absolute atomic E-state index is 12.0. The number of nitriles is 1. The first-order chi connectivity index (χ1) is 9.69. The fraction of sp³-hybridized carbons (Fsp3) is 0.375. The van der Waals surface area contributed by atoms with Crippen molar-refractivity contribution in [1.82, 2.24) is 5.32 Å². The van der Waals surface area contributed by atoms with Gasteiger partial charge in [0.25, 0.3) is 5.91 Å². The monoisotopic (exact) mass is 270 g/mol. The van der Waals surface area contributed by atoms with Crippen molar-refractivity contribution in [3.8, 4) is 11.8 Å². The third kappa shape index (κ3) is 3.86. The lowest BCUT2D eigenvalue weighted by Crippen LogP contribution is -2.29. The Morgan fingerprint density at radius 2 is 2.20 bits per heavy atom. The van der Waals surface area contributed by atoms with E-state index in [-0.39, 0.29) is 17.2 Å². The fourth-order valence-electron chi connectivity index (χ4n) is 2.48. The molecule has 4 nitrogen and oxygen atoms in total. The SMILES string of the molecule is N#C/C(=C\c1cccc(O)c1)C(=O)NCC1CCCC1. The van der Waals surface area contributed by atoms with Gasteiger partial charge in [-0.25, -0.2) is 0 Å². The second kappa shape index (κ2) is 6.76. The van der Waals surface area contributed by atoms with Gasteiger partial charge in [0.15, 0.2) is 0 Å². The van der Waals surface area contributed by atoms with E-state index in [1.54, 1.807) is 18.2 Å². The standard InChI is InChI=1S/C16H18N2O2/c17-10-14(8-13-6-3-7-15(19)9-13)16(20)18-11-12-4-1-2-5-12/h3,6-9,12,19H,1-2,4-5,11H2,(H,18,20)/b14-8+. The number of phenols is 1. The lowest BCUT2D eigenvalue weighted by molar-refractivity contribution is -0.117. The Morgan fingerprint density at radius 3 is 2.85 bits per heavy atom. The zero-order valence-electron chi connectivity index (χ0n) is 11.3. The summed E-state index contributed by atoms with van der Waals surface area (Å²) in [6, 6.07) is 8.38. The minimum absolute atomic E-state index is 0.0635. The fourth-order valence-corrected chi connectivity index (χ4v) is 2.48. The predicted molar refractivity (Wildman–Crippen MR) is 76.7 cm³/mol. The van der Waals surface area contributed by atoms with Crippen molar-refractivity contribution in [3.63, 3.8) is 0 Å². The Balaban J connectivity index is 1.99. The maximum atomic E-state index is 12.0. The molecule has 1 fully saturated rings. The summed E-state index contributed by atoms with van der Waals surface area (Å²) in [6.45, 7) is 0.637. The number of hydrogen-bond acceptors (Lipinski definition) is 3. The Hall–Kier alpha value is -2.28. The summed E-state index contributed by atoms with van der Waals surface area (Å²) in [5.41, 5.74) is 0.700. The van der Waals surface area contributed by atoms with E-state index in [2.05, 4.69) is 5.32 Å². The van der Waals surface area contributed by atoms with Crippen LogP contribution in [0.3, 0.4) is 0 Å². The molecule has 0 unspecified atom stereocenters. The van der Waals surface area contributed by atoms with Gasteiger partial charge in [0.05, 0.1) is 0 Å². The van der Waals surface area contributed by atoms with E-state index in [0.29, 0.717) is 18.0 Å². The molecule has 0 bridgehead atoms. The molecule has 0 aromatic heterocycles. The first-order valence-electron chi connectivity index (χ1n) is 6.88. The molecule has 104 valence electrons. The normalized spacial score (nSPS) is 15.8. The number of nitrogens with zero attached hydrogens (tertiary/aromatic N) is 1. The van der Waals surface area contributed by atoms with Crippen LogP contribution in [0.5, 0.6) is 5.75 Å². The van der Waals surface area contributed by atoms with E-state index in [1.807, 2.05) is 6.07 Å². The van der Waals surface area contributed by atoms with Crippen molar-refractivity contribution < 1.29 is 9.90 Å². The van der Waals surface area contributed by atoms with Crippen molar-refractivity contribution in [2.75, 3.05) is 6.54 Å². The van der Waals surface area contributed by atoms with Crippen LogP contribution in [-0.4, -0.2) is 17.6 Å². The molecule has 0 atom stereocenters. The molecular formula is C16H18N2O2. The average Bonchev–Trinajstić information content (AvgIpc) is 2.95. The zero-order chi connectivity index (χ0) is 14.4. The van der Waals surface area contributed by atoms with Crippen molar-refractivity contribution in [3.05, 3.63) is 35.4 Å². The molecule has 2 rings (SSSR count). The van der Waals surface area contributed by atoms with Crippen molar-refractivity contribution >= 4 is 12.0 Å². The molecule has 1 aliphatic rings. The van der Waals surface area contributed by atoms with E-state index in [4.69, 9.17) is 5.26 Å². The Bertz CT molecular complexity index is 552. The third-order valence-electron chi connectivity index (χ3n) is 3.57. The minimum atomic E-state index is -0.345. The Kier molecular flexibility index (Phi) is 4.78. The second-order valence-corrected chi connectivity index (χ2v) is 5.13. The number of phenolic OH excluding ortho intramolecular Hbond substituents is 1. The summed E-state index contributed by atoms with van der Waals surface area (Å²) in [5, 5.41) is 21.3. The van der Waals surface area contributed by atoms with Gasteiger partial charge in [0.2, 0.25) is 0 Å². The molecular weight excluding hydrogens is 252 g/mol. The molecule has 0 aliphatic heterocycles. The van der Waals surface area contributed by atoms with Gasteiger partial charge in [0, 0.05) is 6.54 Å². The van der Waals surface area contributed by atoms with Crippen LogP contribution in [0.25, 0.3) is 6.08 Å². The summed E-state index contributed by atoms with van der Waals surface area (Å²) in [7, 11) is 0. The van der Waals surface area contributed by atoms with Crippen LogP contribution in [0, 0.1) is 17.2 Å². The second-order valence-electron chi connectivity index (χ2n) is 5.13. The van der Waals surface area contributed by atoms with Crippen LogP contribution in [0.2, 0.25) is 0 Å². The highest BCUT2D eigenvalue weighted by Gasteiger charge is 2.17. The highest BCUT2D eigenvalue weighted by atomic mass is 16.3.